The fraction of sp³-hybridized carbons (Fsp3) is 0.172. The SMILES string of the molecule is C=CCc1cccc(C(CC=C)c2ccccc2)c1C(CC=C)c1ccccc1. The second-order valence-electron chi connectivity index (χ2n) is 7.39. The maximum absolute atomic E-state index is 4.06. The highest BCUT2D eigenvalue weighted by Gasteiger charge is 2.24. The van der Waals surface area contributed by atoms with E-state index in [0.717, 1.165) is 19.3 Å². The predicted octanol–water partition coefficient (Wildman–Crippen LogP) is 7.83. The van der Waals surface area contributed by atoms with Gasteiger partial charge in [0.25, 0.3) is 0 Å². The molecular formula is C29H30. The van der Waals surface area contributed by atoms with Crippen LogP contribution >= 0.6 is 0 Å². The van der Waals surface area contributed by atoms with Gasteiger partial charge in [-0.2, -0.15) is 0 Å². The van der Waals surface area contributed by atoms with Crippen LogP contribution < -0.4 is 0 Å². The summed E-state index contributed by atoms with van der Waals surface area (Å²) in [6.07, 6.45) is 8.75. The highest BCUT2D eigenvalue weighted by Crippen LogP contribution is 2.40. The first-order valence-electron chi connectivity index (χ1n) is 10.3. The van der Waals surface area contributed by atoms with Gasteiger partial charge >= 0.3 is 0 Å². The smallest absolute Gasteiger partial charge is 0.0129 e. The van der Waals surface area contributed by atoms with Crippen LogP contribution in [0.15, 0.2) is 117 Å². The van der Waals surface area contributed by atoms with Crippen molar-refractivity contribution in [3.8, 4) is 0 Å². The molecule has 0 aliphatic rings. The molecule has 3 aromatic rings. The molecule has 0 heteroatoms. The van der Waals surface area contributed by atoms with Crippen LogP contribution in [0.25, 0.3) is 0 Å². The van der Waals surface area contributed by atoms with Crippen LogP contribution in [0.1, 0.15) is 52.5 Å². The molecule has 3 aromatic carbocycles. The van der Waals surface area contributed by atoms with Gasteiger partial charge in [-0.25, -0.2) is 0 Å². The van der Waals surface area contributed by atoms with Gasteiger partial charge in [-0.3, -0.25) is 0 Å². The summed E-state index contributed by atoms with van der Waals surface area (Å²) in [5.74, 6) is 0.556. The standard InChI is InChI=1S/C29H30/c1-4-14-25-21-13-22-28(26(15-5-2)23-17-9-7-10-18-23)29(25)27(16-6-3)24-19-11-8-12-20-24/h4-13,17-22,26-27H,1-3,14-16H2. The number of hydrogen-bond donors (Lipinski definition) is 0. The Morgan fingerprint density at radius 3 is 1.69 bits per heavy atom. The molecule has 0 aromatic heterocycles. The van der Waals surface area contributed by atoms with Gasteiger partial charge in [-0.1, -0.05) is 97.1 Å². The largest absolute Gasteiger partial charge is 0.103 e. The molecule has 146 valence electrons. The second-order valence-corrected chi connectivity index (χ2v) is 7.39. The van der Waals surface area contributed by atoms with E-state index in [1.54, 1.807) is 0 Å². The minimum absolute atomic E-state index is 0.274. The van der Waals surface area contributed by atoms with E-state index in [9.17, 15) is 0 Å². The number of allylic oxidation sites excluding steroid dienone is 3. The van der Waals surface area contributed by atoms with Gasteiger partial charge < -0.3 is 0 Å². The molecule has 0 saturated heterocycles. The molecule has 0 N–H and O–H groups in total. The summed E-state index contributed by atoms with van der Waals surface area (Å²) in [7, 11) is 0. The first-order chi connectivity index (χ1) is 14.3. The van der Waals surface area contributed by atoms with Crippen LogP contribution in [0.3, 0.4) is 0 Å². The summed E-state index contributed by atoms with van der Waals surface area (Å²) in [6.45, 7) is 12.1. The van der Waals surface area contributed by atoms with Gasteiger partial charge in [0.05, 0.1) is 0 Å². The molecule has 0 aliphatic carbocycles. The fourth-order valence-electron chi connectivity index (χ4n) is 4.26. The molecule has 0 amide bonds. The Bertz CT molecular complexity index is 934. The van der Waals surface area contributed by atoms with Gasteiger partial charge in [0, 0.05) is 11.8 Å². The number of rotatable bonds is 10. The zero-order chi connectivity index (χ0) is 20.5. The van der Waals surface area contributed by atoms with Crippen LogP contribution in [0.4, 0.5) is 0 Å². The Morgan fingerprint density at radius 1 is 0.586 bits per heavy atom. The van der Waals surface area contributed by atoms with Crippen LogP contribution in [-0.4, -0.2) is 0 Å². The summed E-state index contributed by atoms with van der Waals surface area (Å²) in [6, 6.07) is 28.3. The average Bonchev–Trinajstić information content (AvgIpc) is 2.77. The first kappa shape index (κ1) is 20.6. The minimum Gasteiger partial charge on any atom is -0.103 e. The van der Waals surface area contributed by atoms with Crippen LogP contribution in [0.5, 0.6) is 0 Å². The van der Waals surface area contributed by atoms with E-state index in [1.165, 1.54) is 27.8 Å². The fourth-order valence-corrected chi connectivity index (χ4v) is 4.26. The third-order valence-corrected chi connectivity index (χ3v) is 5.53. The van der Waals surface area contributed by atoms with Crippen molar-refractivity contribution >= 4 is 0 Å². The zero-order valence-electron chi connectivity index (χ0n) is 17.1. The van der Waals surface area contributed by atoms with Gasteiger partial charge in [-0.15, -0.1) is 19.7 Å². The molecule has 0 saturated carbocycles. The van der Waals surface area contributed by atoms with Gasteiger partial charge in [0.1, 0.15) is 0 Å². The highest BCUT2D eigenvalue weighted by molar-refractivity contribution is 5.49. The third kappa shape index (κ3) is 4.84. The van der Waals surface area contributed by atoms with E-state index < -0.39 is 0 Å². The summed E-state index contributed by atoms with van der Waals surface area (Å²) in [5.41, 5.74) is 6.80. The van der Waals surface area contributed by atoms with Crippen molar-refractivity contribution in [3.05, 3.63) is 145 Å². The van der Waals surface area contributed by atoms with Gasteiger partial charge in [-0.05, 0) is 47.1 Å². The first-order valence-corrected chi connectivity index (χ1v) is 10.3. The molecule has 0 aliphatic heterocycles. The molecule has 0 spiro atoms. The molecule has 0 bridgehead atoms. The average molecular weight is 379 g/mol. The van der Waals surface area contributed by atoms with E-state index in [2.05, 4.69) is 98.6 Å². The Kier molecular flexibility index (Phi) is 7.41. The maximum Gasteiger partial charge on any atom is 0.0129 e. The van der Waals surface area contributed by atoms with E-state index in [-0.39, 0.29) is 11.8 Å². The van der Waals surface area contributed by atoms with Gasteiger partial charge in [0.15, 0.2) is 0 Å². The molecule has 0 nitrogen and oxygen atoms in total. The summed E-state index contributed by atoms with van der Waals surface area (Å²) < 4.78 is 0. The van der Waals surface area contributed by atoms with Gasteiger partial charge in [0.2, 0.25) is 0 Å². The van der Waals surface area contributed by atoms with Crippen molar-refractivity contribution in [2.45, 2.75) is 31.1 Å². The molecule has 2 unspecified atom stereocenters. The molecule has 2 atom stereocenters. The summed E-state index contributed by atoms with van der Waals surface area (Å²) in [5, 5.41) is 0. The van der Waals surface area contributed by atoms with E-state index in [0.29, 0.717) is 0 Å². The van der Waals surface area contributed by atoms with E-state index >= 15 is 0 Å². The van der Waals surface area contributed by atoms with E-state index in [1.807, 2.05) is 18.2 Å². The monoisotopic (exact) mass is 378 g/mol. The molecular weight excluding hydrogens is 348 g/mol. The summed E-state index contributed by atoms with van der Waals surface area (Å²) >= 11 is 0. The Morgan fingerprint density at radius 2 is 1.14 bits per heavy atom. The molecule has 0 radical (unpaired) electrons. The molecule has 0 fully saturated rings. The normalized spacial score (nSPS) is 12.7. The Balaban J connectivity index is 2.24. The highest BCUT2D eigenvalue weighted by atomic mass is 14.3. The Labute approximate surface area is 175 Å². The zero-order valence-corrected chi connectivity index (χ0v) is 17.1. The van der Waals surface area contributed by atoms with Crippen molar-refractivity contribution in [3.63, 3.8) is 0 Å². The summed E-state index contributed by atoms with van der Waals surface area (Å²) in [4.78, 5) is 0. The number of benzene rings is 3. The molecule has 3 rings (SSSR count). The molecule has 0 heterocycles. The number of hydrogen-bond acceptors (Lipinski definition) is 0. The predicted molar refractivity (Wildman–Crippen MR) is 127 cm³/mol. The lowest BCUT2D eigenvalue weighted by Gasteiger charge is -2.28. The van der Waals surface area contributed by atoms with Crippen LogP contribution in [0, 0.1) is 0 Å². The lowest BCUT2D eigenvalue weighted by Crippen LogP contribution is -2.12. The van der Waals surface area contributed by atoms with Crippen molar-refractivity contribution < 1.29 is 0 Å². The van der Waals surface area contributed by atoms with Crippen LogP contribution in [-0.2, 0) is 6.42 Å². The topological polar surface area (TPSA) is 0 Å². The van der Waals surface area contributed by atoms with Crippen molar-refractivity contribution in [1.82, 2.24) is 0 Å². The van der Waals surface area contributed by atoms with Crippen molar-refractivity contribution in [1.29, 1.82) is 0 Å². The molecule has 29 heavy (non-hydrogen) atoms. The minimum atomic E-state index is 0.274. The van der Waals surface area contributed by atoms with Crippen molar-refractivity contribution in [2.24, 2.45) is 0 Å². The lowest BCUT2D eigenvalue weighted by molar-refractivity contribution is 0.756. The lowest BCUT2D eigenvalue weighted by atomic mass is 9.76. The maximum atomic E-state index is 4.06. The van der Waals surface area contributed by atoms with Crippen LogP contribution in [0.2, 0.25) is 0 Å². The third-order valence-electron chi connectivity index (χ3n) is 5.53. The van der Waals surface area contributed by atoms with E-state index in [4.69, 9.17) is 0 Å². The van der Waals surface area contributed by atoms with Crippen molar-refractivity contribution in [2.75, 3.05) is 0 Å². The Hall–Kier alpha value is -3.12. The quantitative estimate of drug-likeness (QED) is 0.315. The second kappa shape index (κ2) is 10.4.